The average Bonchev–Trinajstić information content (AvgIpc) is 2.96. The lowest BCUT2D eigenvalue weighted by molar-refractivity contribution is 0.807. The molecule has 1 aromatic heterocycles. The second-order valence-electron chi connectivity index (χ2n) is 4.81. The molecule has 0 bridgehead atoms. The van der Waals surface area contributed by atoms with Gasteiger partial charge in [0.2, 0.25) is 0 Å². The van der Waals surface area contributed by atoms with Crippen molar-refractivity contribution >= 4 is 5.69 Å². The maximum Gasteiger partial charge on any atom is 0.140 e. The number of aromatic nitrogens is 2. The van der Waals surface area contributed by atoms with Gasteiger partial charge in [-0.15, -0.1) is 0 Å². The van der Waals surface area contributed by atoms with Crippen molar-refractivity contribution in [3.63, 3.8) is 0 Å². The van der Waals surface area contributed by atoms with Crippen LogP contribution in [0.3, 0.4) is 0 Å². The zero-order chi connectivity index (χ0) is 14.7. The first kappa shape index (κ1) is 12.9. The molecule has 0 spiro atoms. The van der Waals surface area contributed by atoms with Crippen molar-refractivity contribution in [1.29, 1.82) is 5.26 Å². The predicted molar refractivity (Wildman–Crippen MR) is 82.3 cm³/mol. The number of anilines is 1. The maximum atomic E-state index is 8.97. The molecule has 4 nitrogen and oxygen atoms in total. The van der Waals surface area contributed by atoms with Crippen LogP contribution in [0.5, 0.6) is 0 Å². The molecule has 0 radical (unpaired) electrons. The summed E-state index contributed by atoms with van der Waals surface area (Å²) in [7, 11) is 0. The van der Waals surface area contributed by atoms with Gasteiger partial charge in [0.25, 0.3) is 0 Å². The molecule has 3 aromatic rings. The molecule has 0 fully saturated rings. The van der Waals surface area contributed by atoms with Crippen LogP contribution >= 0.6 is 0 Å². The number of nitrogen functional groups attached to an aromatic ring is 1. The molecule has 0 amide bonds. The highest BCUT2D eigenvalue weighted by atomic mass is 15.1. The van der Waals surface area contributed by atoms with Gasteiger partial charge in [0.15, 0.2) is 0 Å². The Hall–Kier alpha value is -3.06. The highest BCUT2D eigenvalue weighted by molar-refractivity contribution is 5.59. The van der Waals surface area contributed by atoms with E-state index in [-0.39, 0.29) is 0 Å². The number of hydrogen-bond acceptors (Lipinski definition) is 3. The monoisotopic (exact) mass is 274 g/mol. The largest absolute Gasteiger partial charge is 0.399 e. The Kier molecular flexibility index (Phi) is 3.40. The first-order chi connectivity index (χ1) is 10.3. The van der Waals surface area contributed by atoms with Crippen molar-refractivity contribution < 1.29 is 0 Å². The topological polar surface area (TPSA) is 67.6 Å². The maximum absolute atomic E-state index is 8.97. The van der Waals surface area contributed by atoms with Crippen molar-refractivity contribution in [3.8, 4) is 17.5 Å². The summed E-state index contributed by atoms with van der Waals surface area (Å²) in [5.74, 6) is 0.886. The quantitative estimate of drug-likeness (QED) is 0.746. The summed E-state index contributed by atoms with van der Waals surface area (Å²) < 4.78 is 2.06. The highest BCUT2D eigenvalue weighted by Gasteiger charge is 2.06. The van der Waals surface area contributed by atoms with Crippen LogP contribution < -0.4 is 5.73 Å². The summed E-state index contributed by atoms with van der Waals surface area (Å²) in [6, 6.07) is 17.4. The molecule has 0 aliphatic carbocycles. The van der Waals surface area contributed by atoms with Gasteiger partial charge >= 0.3 is 0 Å². The molecule has 0 aliphatic rings. The lowest BCUT2D eigenvalue weighted by Gasteiger charge is -2.08. The fourth-order valence-corrected chi connectivity index (χ4v) is 2.27. The molecule has 102 valence electrons. The van der Waals surface area contributed by atoms with Crippen molar-refractivity contribution in [2.75, 3.05) is 5.73 Å². The zero-order valence-electron chi connectivity index (χ0n) is 11.4. The smallest absolute Gasteiger partial charge is 0.140 e. The molecule has 4 heteroatoms. The van der Waals surface area contributed by atoms with E-state index in [1.807, 2.05) is 48.7 Å². The normalized spacial score (nSPS) is 10.2. The van der Waals surface area contributed by atoms with Crippen LogP contribution in [-0.4, -0.2) is 9.55 Å². The van der Waals surface area contributed by atoms with E-state index in [1.54, 1.807) is 12.3 Å². The Morgan fingerprint density at radius 2 is 1.95 bits per heavy atom. The van der Waals surface area contributed by atoms with Gasteiger partial charge < -0.3 is 10.3 Å². The minimum Gasteiger partial charge on any atom is -0.399 e. The van der Waals surface area contributed by atoms with Crippen molar-refractivity contribution in [1.82, 2.24) is 9.55 Å². The molecule has 0 saturated heterocycles. The number of hydrogen-bond donors (Lipinski definition) is 1. The number of nitrogens with two attached hydrogens (primary N) is 1. The molecule has 1 heterocycles. The minimum atomic E-state index is 0.668. The third-order valence-electron chi connectivity index (χ3n) is 3.29. The number of benzene rings is 2. The van der Waals surface area contributed by atoms with Crippen molar-refractivity contribution in [2.45, 2.75) is 6.54 Å². The van der Waals surface area contributed by atoms with Gasteiger partial charge in [0, 0.05) is 30.2 Å². The van der Waals surface area contributed by atoms with Crippen LogP contribution in [0.2, 0.25) is 0 Å². The summed E-state index contributed by atoms with van der Waals surface area (Å²) >= 11 is 0. The Morgan fingerprint density at radius 3 is 2.71 bits per heavy atom. The summed E-state index contributed by atoms with van der Waals surface area (Å²) in [6.07, 6.45) is 3.71. The standard InChI is InChI=1S/C17H14N4/c18-11-13-2-1-3-14(10-13)12-21-9-8-20-17(21)15-4-6-16(19)7-5-15/h1-10H,12,19H2. The van der Waals surface area contributed by atoms with E-state index in [0.29, 0.717) is 12.1 Å². The third-order valence-corrected chi connectivity index (χ3v) is 3.29. The van der Waals surface area contributed by atoms with E-state index in [4.69, 9.17) is 11.0 Å². The summed E-state index contributed by atoms with van der Waals surface area (Å²) in [4.78, 5) is 4.41. The summed E-state index contributed by atoms with van der Waals surface area (Å²) in [5.41, 5.74) is 9.21. The van der Waals surface area contributed by atoms with Crippen LogP contribution in [-0.2, 0) is 6.54 Å². The van der Waals surface area contributed by atoms with E-state index >= 15 is 0 Å². The third kappa shape index (κ3) is 2.77. The minimum absolute atomic E-state index is 0.668. The molecular formula is C17H14N4. The fourth-order valence-electron chi connectivity index (χ4n) is 2.27. The molecule has 0 atom stereocenters. The molecule has 0 saturated carbocycles. The van der Waals surface area contributed by atoms with Gasteiger partial charge in [-0.2, -0.15) is 5.26 Å². The fraction of sp³-hybridized carbons (Fsp3) is 0.0588. The van der Waals surface area contributed by atoms with Crippen molar-refractivity contribution in [2.24, 2.45) is 0 Å². The van der Waals surface area contributed by atoms with Gasteiger partial charge in [0.05, 0.1) is 11.6 Å². The van der Waals surface area contributed by atoms with E-state index < -0.39 is 0 Å². The first-order valence-electron chi connectivity index (χ1n) is 6.62. The molecular weight excluding hydrogens is 260 g/mol. The van der Waals surface area contributed by atoms with Crippen LogP contribution in [0.4, 0.5) is 5.69 Å². The van der Waals surface area contributed by atoms with Crippen LogP contribution in [0.1, 0.15) is 11.1 Å². The number of rotatable bonds is 3. The second-order valence-corrected chi connectivity index (χ2v) is 4.81. The number of imidazole rings is 1. The van der Waals surface area contributed by atoms with Crippen LogP contribution in [0.15, 0.2) is 60.9 Å². The summed E-state index contributed by atoms with van der Waals surface area (Å²) in [5, 5.41) is 8.97. The number of nitrogens with zero attached hydrogens (tertiary/aromatic N) is 3. The molecule has 0 unspecified atom stereocenters. The van der Waals surface area contributed by atoms with Gasteiger partial charge in [-0.3, -0.25) is 0 Å². The van der Waals surface area contributed by atoms with E-state index in [0.717, 1.165) is 22.6 Å². The predicted octanol–water partition coefficient (Wildman–Crippen LogP) is 3.05. The van der Waals surface area contributed by atoms with Crippen LogP contribution in [0, 0.1) is 11.3 Å². The molecule has 0 aliphatic heterocycles. The van der Waals surface area contributed by atoms with Crippen LogP contribution in [0.25, 0.3) is 11.4 Å². The molecule has 2 aromatic carbocycles. The summed E-state index contributed by atoms with van der Waals surface area (Å²) in [6.45, 7) is 0.676. The van der Waals surface area contributed by atoms with Crippen molar-refractivity contribution in [3.05, 3.63) is 72.1 Å². The molecule has 21 heavy (non-hydrogen) atoms. The van der Waals surface area contributed by atoms with Gasteiger partial charge in [-0.05, 0) is 42.0 Å². The van der Waals surface area contributed by atoms with Gasteiger partial charge in [-0.1, -0.05) is 12.1 Å². The van der Waals surface area contributed by atoms with Gasteiger partial charge in [-0.25, -0.2) is 4.98 Å². The zero-order valence-corrected chi connectivity index (χ0v) is 11.4. The van der Waals surface area contributed by atoms with E-state index in [2.05, 4.69) is 15.6 Å². The lowest BCUT2D eigenvalue weighted by atomic mass is 10.1. The Labute approximate surface area is 123 Å². The Balaban J connectivity index is 1.92. The van der Waals surface area contributed by atoms with E-state index in [9.17, 15) is 0 Å². The Bertz CT molecular complexity index is 794. The first-order valence-corrected chi connectivity index (χ1v) is 6.62. The highest BCUT2D eigenvalue weighted by Crippen LogP contribution is 2.20. The molecule has 2 N–H and O–H groups in total. The lowest BCUT2D eigenvalue weighted by Crippen LogP contribution is -2.01. The second kappa shape index (κ2) is 5.51. The SMILES string of the molecule is N#Cc1cccc(Cn2ccnc2-c2ccc(N)cc2)c1. The molecule has 3 rings (SSSR count). The van der Waals surface area contributed by atoms with E-state index in [1.165, 1.54) is 0 Å². The van der Waals surface area contributed by atoms with Gasteiger partial charge in [0.1, 0.15) is 5.82 Å². The average molecular weight is 274 g/mol. The Morgan fingerprint density at radius 1 is 1.14 bits per heavy atom. The number of nitriles is 1.